The Morgan fingerprint density at radius 2 is 2.19 bits per heavy atom. The van der Waals surface area contributed by atoms with E-state index in [9.17, 15) is 4.91 Å². The van der Waals surface area contributed by atoms with E-state index in [-0.39, 0.29) is 12.6 Å². The lowest BCUT2D eigenvalue weighted by molar-refractivity contribution is 0.245. The first-order valence-corrected chi connectivity index (χ1v) is 5.00. The SMILES string of the molecule is O=N[N+]#CCNC(CO)Cc1ccccc1. The van der Waals surface area contributed by atoms with Crippen molar-refractivity contribution in [2.24, 2.45) is 5.29 Å². The number of hydrogen-bond donors (Lipinski definition) is 2. The third kappa shape index (κ3) is 4.64. The average molecular weight is 220 g/mol. The minimum atomic E-state index is -0.0725. The molecule has 0 aliphatic heterocycles. The fourth-order valence-corrected chi connectivity index (χ4v) is 1.35. The van der Waals surface area contributed by atoms with Crippen LogP contribution in [0.15, 0.2) is 35.6 Å². The molecule has 0 bridgehead atoms. The average Bonchev–Trinajstić information content (AvgIpc) is 2.34. The van der Waals surface area contributed by atoms with Crippen molar-refractivity contribution in [2.75, 3.05) is 13.2 Å². The van der Waals surface area contributed by atoms with Crippen molar-refractivity contribution in [3.63, 3.8) is 0 Å². The summed E-state index contributed by atoms with van der Waals surface area (Å²) >= 11 is 0. The molecule has 1 atom stereocenters. The van der Waals surface area contributed by atoms with E-state index in [1.54, 1.807) is 0 Å². The first-order valence-electron chi connectivity index (χ1n) is 5.00. The van der Waals surface area contributed by atoms with Gasteiger partial charge in [0.25, 0.3) is 0 Å². The van der Waals surface area contributed by atoms with E-state index < -0.39 is 0 Å². The largest absolute Gasteiger partial charge is 0.395 e. The zero-order valence-corrected chi connectivity index (χ0v) is 8.84. The number of nitrogens with one attached hydrogen (secondary N) is 1. The molecular formula is C11H14N3O2+. The zero-order chi connectivity index (χ0) is 11.6. The highest BCUT2D eigenvalue weighted by atomic mass is 16.3. The number of nitroso groups, excluding NO2 is 1. The van der Waals surface area contributed by atoms with Gasteiger partial charge in [-0.2, -0.15) is 0 Å². The molecule has 0 spiro atoms. The van der Waals surface area contributed by atoms with Crippen molar-refractivity contribution in [1.82, 2.24) is 5.32 Å². The molecule has 0 saturated carbocycles. The third-order valence-corrected chi connectivity index (χ3v) is 2.13. The van der Waals surface area contributed by atoms with Crippen LogP contribution in [-0.4, -0.2) is 24.3 Å². The predicted molar refractivity (Wildman–Crippen MR) is 62.1 cm³/mol. The van der Waals surface area contributed by atoms with Crippen LogP contribution >= 0.6 is 0 Å². The lowest BCUT2D eigenvalue weighted by Gasteiger charge is -2.13. The molecular weight excluding hydrogens is 206 g/mol. The Labute approximate surface area is 93.9 Å². The first-order chi connectivity index (χ1) is 7.86. The predicted octanol–water partition coefficient (Wildman–Crippen LogP) is 1.19. The molecule has 0 aliphatic carbocycles. The quantitative estimate of drug-likeness (QED) is 0.445. The molecule has 0 heterocycles. The monoisotopic (exact) mass is 220 g/mol. The number of hydrogen-bond acceptors (Lipinski definition) is 4. The van der Waals surface area contributed by atoms with Crippen LogP contribution in [0.25, 0.3) is 4.95 Å². The molecule has 5 nitrogen and oxygen atoms in total. The van der Waals surface area contributed by atoms with E-state index in [1.165, 1.54) is 0 Å². The summed E-state index contributed by atoms with van der Waals surface area (Å²) in [5.41, 5.74) is 1.14. The van der Waals surface area contributed by atoms with Gasteiger partial charge in [-0.25, -0.2) is 0 Å². The van der Waals surface area contributed by atoms with Gasteiger partial charge in [0.15, 0.2) is 4.95 Å². The summed E-state index contributed by atoms with van der Waals surface area (Å²) in [4.78, 5) is 12.7. The van der Waals surface area contributed by atoms with E-state index in [1.807, 2.05) is 30.3 Å². The van der Waals surface area contributed by atoms with E-state index >= 15 is 0 Å². The van der Waals surface area contributed by atoms with E-state index in [0.717, 1.165) is 5.56 Å². The molecule has 2 N–H and O–H groups in total. The second-order valence-corrected chi connectivity index (χ2v) is 3.29. The van der Waals surface area contributed by atoms with Gasteiger partial charge < -0.3 is 5.11 Å². The Hall–Kier alpha value is -1.77. The lowest BCUT2D eigenvalue weighted by Crippen LogP contribution is -2.34. The molecule has 0 radical (unpaired) electrons. The highest BCUT2D eigenvalue weighted by molar-refractivity contribution is 5.16. The topological polar surface area (TPSA) is 66.0 Å². The Morgan fingerprint density at radius 1 is 1.44 bits per heavy atom. The smallest absolute Gasteiger partial charge is 0.380 e. The molecule has 1 rings (SSSR count). The van der Waals surface area contributed by atoms with Gasteiger partial charge in [-0.1, -0.05) is 35.2 Å². The molecule has 0 aromatic heterocycles. The minimum absolute atomic E-state index is 0.0189. The molecule has 1 unspecified atom stereocenters. The highest BCUT2D eigenvalue weighted by Gasteiger charge is 2.07. The van der Waals surface area contributed by atoms with Crippen LogP contribution < -0.4 is 5.32 Å². The summed E-state index contributed by atoms with van der Waals surface area (Å²) in [5, 5.41) is 14.4. The Kier molecular flexibility index (Phi) is 5.78. The second kappa shape index (κ2) is 7.51. The van der Waals surface area contributed by atoms with Gasteiger partial charge in [-0.15, -0.1) is 0 Å². The molecule has 0 amide bonds. The van der Waals surface area contributed by atoms with Gasteiger partial charge in [0.2, 0.25) is 0 Å². The van der Waals surface area contributed by atoms with Crippen molar-refractivity contribution < 1.29 is 5.11 Å². The fourth-order valence-electron chi connectivity index (χ4n) is 1.35. The summed E-state index contributed by atoms with van der Waals surface area (Å²) in [5.74, 6) is 0. The Balaban J connectivity index is 2.40. The highest BCUT2D eigenvalue weighted by Crippen LogP contribution is 2.02. The van der Waals surface area contributed by atoms with Gasteiger partial charge in [0.05, 0.1) is 6.61 Å². The normalized spacial score (nSPS) is 11.3. The van der Waals surface area contributed by atoms with Gasteiger partial charge in [0, 0.05) is 6.04 Å². The lowest BCUT2D eigenvalue weighted by atomic mass is 10.1. The number of aliphatic hydroxyl groups is 1. The first kappa shape index (κ1) is 12.3. The third-order valence-electron chi connectivity index (χ3n) is 2.13. The zero-order valence-electron chi connectivity index (χ0n) is 8.84. The number of benzene rings is 1. The van der Waals surface area contributed by atoms with Crippen molar-refractivity contribution in [1.29, 1.82) is 0 Å². The van der Waals surface area contributed by atoms with Crippen LogP contribution in [0, 0.1) is 11.0 Å². The number of aliphatic hydroxyl groups excluding tert-OH is 1. The molecule has 84 valence electrons. The summed E-state index contributed by atoms with van der Waals surface area (Å²) in [6.07, 6.45) is 0.716. The van der Waals surface area contributed by atoms with E-state index in [4.69, 9.17) is 5.11 Å². The molecule has 0 saturated heterocycles. The van der Waals surface area contributed by atoms with Gasteiger partial charge in [-0.05, 0) is 12.0 Å². The van der Waals surface area contributed by atoms with E-state index in [0.29, 0.717) is 13.0 Å². The fraction of sp³-hybridized carbons (Fsp3) is 0.364. The van der Waals surface area contributed by atoms with Crippen molar-refractivity contribution in [3.8, 4) is 6.07 Å². The van der Waals surface area contributed by atoms with Gasteiger partial charge >= 0.3 is 11.4 Å². The van der Waals surface area contributed by atoms with Crippen LogP contribution in [0.5, 0.6) is 0 Å². The summed E-state index contributed by atoms with van der Waals surface area (Å²) in [7, 11) is 0. The summed E-state index contributed by atoms with van der Waals surface area (Å²) in [6.45, 7) is 0.314. The number of nitrogens with zero attached hydrogens (tertiary/aromatic N) is 2. The van der Waals surface area contributed by atoms with Crippen LogP contribution in [-0.2, 0) is 6.42 Å². The van der Waals surface area contributed by atoms with Gasteiger partial charge in [-0.3, -0.25) is 5.32 Å². The maximum absolute atomic E-state index is 9.65. The van der Waals surface area contributed by atoms with Crippen molar-refractivity contribution in [2.45, 2.75) is 12.5 Å². The number of rotatable bonds is 5. The van der Waals surface area contributed by atoms with Crippen LogP contribution in [0.2, 0.25) is 0 Å². The Bertz CT molecular complexity index is 370. The maximum atomic E-state index is 9.65. The van der Waals surface area contributed by atoms with Crippen LogP contribution in [0.1, 0.15) is 5.56 Å². The molecule has 0 fully saturated rings. The standard InChI is InChI=1S/C11H14N3O2/c15-9-11(12-6-7-13-14-16)8-10-4-2-1-3-5-10/h1-5,11-12,15H,6,8-9H2/q+1. The molecule has 16 heavy (non-hydrogen) atoms. The minimum Gasteiger partial charge on any atom is -0.395 e. The van der Waals surface area contributed by atoms with Gasteiger partial charge in [0.1, 0.15) is 6.54 Å². The summed E-state index contributed by atoms with van der Waals surface area (Å²) in [6, 6.07) is 12.2. The molecule has 1 aromatic carbocycles. The van der Waals surface area contributed by atoms with Crippen molar-refractivity contribution in [3.05, 3.63) is 45.8 Å². The van der Waals surface area contributed by atoms with E-state index in [2.05, 4.69) is 21.6 Å². The second-order valence-electron chi connectivity index (χ2n) is 3.29. The Morgan fingerprint density at radius 3 is 2.81 bits per heavy atom. The molecule has 5 heteroatoms. The van der Waals surface area contributed by atoms with Crippen LogP contribution in [0.4, 0.5) is 0 Å². The summed E-state index contributed by atoms with van der Waals surface area (Å²) < 4.78 is 0. The van der Waals surface area contributed by atoms with Crippen LogP contribution in [0.3, 0.4) is 0 Å². The van der Waals surface area contributed by atoms with Crippen molar-refractivity contribution >= 4 is 0 Å². The molecule has 1 aromatic rings. The maximum Gasteiger partial charge on any atom is 0.380 e. The molecule has 0 aliphatic rings.